The number of benzene rings is 8. The van der Waals surface area contributed by atoms with Gasteiger partial charge in [0, 0.05) is 5.56 Å². The summed E-state index contributed by atoms with van der Waals surface area (Å²) in [5, 5.41) is 49.0. The molecule has 1 unspecified atom stereocenters. The first kappa shape index (κ1) is 68.0. The van der Waals surface area contributed by atoms with Crippen molar-refractivity contribution in [1.29, 1.82) is 0 Å². The van der Waals surface area contributed by atoms with Crippen molar-refractivity contribution < 1.29 is 73.1 Å². The van der Waals surface area contributed by atoms with E-state index in [9.17, 15) is 39.9 Å². The molecule has 0 aliphatic carbocycles. The Morgan fingerprint density at radius 1 is 0.337 bits per heavy atom. The van der Waals surface area contributed by atoms with E-state index in [1.54, 1.807) is 60.7 Å². The summed E-state index contributed by atoms with van der Waals surface area (Å²) in [6.07, 6.45) is 0.0588. The maximum absolute atomic E-state index is 11.9. The molecule has 15 heteroatoms. The van der Waals surface area contributed by atoms with Crippen LogP contribution >= 0.6 is 0 Å². The van der Waals surface area contributed by atoms with Crippen LogP contribution in [0.15, 0.2) is 194 Å². The SMILES string of the molecule is CCC(O)c1ccc(OCc2ccccc2)c(C(=O)OC)c1.CC[C@H](O)c1ccc(OCc2ccccc2)c(C(=O)OC)c1.CC[C@H](O)c1ccc(OCc2ccccc2)c(C(=O)OC)c1.CC[C@H](O)c1ccc(OCc2ccccc2)c(CO)c1. The number of carbonyl (C=O) groups excluding carboxylic acids is 3. The molecular formula is C71H80O15. The zero-order valence-corrected chi connectivity index (χ0v) is 50.0. The summed E-state index contributed by atoms with van der Waals surface area (Å²) in [6, 6.07) is 59.7. The van der Waals surface area contributed by atoms with E-state index in [0.717, 1.165) is 27.8 Å². The molecule has 86 heavy (non-hydrogen) atoms. The molecule has 0 aliphatic heterocycles. The first-order valence-electron chi connectivity index (χ1n) is 28.5. The molecule has 454 valence electrons. The number of ether oxygens (including phenoxy) is 7. The van der Waals surface area contributed by atoms with Crippen molar-refractivity contribution in [3.8, 4) is 23.0 Å². The predicted molar refractivity (Wildman–Crippen MR) is 330 cm³/mol. The van der Waals surface area contributed by atoms with Crippen molar-refractivity contribution in [1.82, 2.24) is 0 Å². The lowest BCUT2D eigenvalue weighted by Crippen LogP contribution is -2.08. The molecule has 8 aromatic carbocycles. The van der Waals surface area contributed by atoms with Crippen LogP contribution < -0.4 is 18.9 Å². The highest BCUT2D eigenvalue weighted by molar-refractivity contribution is 5.94. The number of carbonyl (C=O) groups is 3. The summed E-state index contributed by atoms with van der Waals surface area (Å²) < 4.78 is 37.3. The molecule has 0 radical (unpaired) electrons. The van der Waals surface area contributed by atoms with Crippen LogP contribution in [0.25, 0.3) is 0 Å². The summed E-state index contributed by atoms with van der Waals surface area (Å²) in [7, 11) is 3.98. The molecular weight excluding hydrogens is 1090 g/mol. The van der Waals surface area contributed by atoms with Crippen LogP contribution in [0.5, 0.6) is 23.0 Å². The Labute approximate surface area is 504 Å². The van der Waals surface area contributed by atoms with Gasteiger partial charge in [-0.25, -0.2) is 14.4 Å². The van der Waals surface area contributed by atoms with Gasteiger partial charge < -0.3 is 58.7 Å². The van der Waals surface area contributed by atoms with Crippen LogP contribution in [0.4, 0.5) is 0 Å². The lowest BCUT2D eigenvalue weighted by molar-refractivity contribution is 0.0585. The van der Waals surface area contributed by atoms with Gasteiger partial charge in [0.15, 0.2) is 0 Å². The molecule has 0 fully saturated rings. The number of methoxy groups -OCH3 is 3. The molecule has 8 rings (SSSR count). The summed E-state index contributed by atoms with van der Waals surface area (Å²) in [6.45, 7) is 9.00. The van der Waals surface area contributed by atoms with Crippen LogP contribution in [0.1, 0.15) is 159 Å². The highest BCUT2D eigenvalue weighted by atomic mass is 16.5. The van der Waals surface area contributed by atoms with Gasteiger partial charge in [0.05, 0.1) is 52.4 Å². The second-order valence-corrected chi connectivity index (χ2v) is 19.6. The van der Waals surface area contributed by atoms with Gasteiger partial charge in [0.2, 0.25) is 0 Å². The molecule has 0 aromatic heterocycles. The highest BCUT2D eigenvalue weighted by Crippen LogP contribution is 2.30. The maximum Gasteiger partial charge on any atom is 0.341 e. The topological polar surface area (TPSA) is 217 Å². The van der Waals surface area contributed by atoms with Crippen LogP contribution in [-0.2, 0) is 47.2 Å². The van der Waals surface area contributed by atoms with Crippen molar-refractivity contribution in [2.75, 3.05) is 21.3 Å². The van der Waals surface area contributed by atoms with Gasteiger partial charge in [0.25, 0.3) is 0 Å². The third kappa shape index (κ3) is 21.4. The Morgan fingerprint density at radius 2 is 0.570 bits per heavy atom. The smallest absolute Gasteiger partial charge is 0.341 e. The van der Waals surface area contributed by atoms with Gasteiger partial charge in [0.1, 0.15) is 66.1 Å². The Morgan fingerprint density at radius 3 is 0.802 bits per heavy atom. The third-order valence-corrected chi connectivity index (χ3v) is 13.5. The van der Waals surface area contributed by atoms with Gasteiger partial charge in [-0.15, -0.1) is 0 Å². The van der Waals surface area contributed by atoms with E-state index >= 15 is 0 Å². The van der Waals surface area contributed by atoms with Crippen molar-refractivity contribution in [3.05, 3.63) is 261 Å². The minimum Gasteiger partial charge on any atom is -0.489 e. The average Bonchev–Trinajstić information content (AvgIpc) is 3.67. The Kier molecular flexibility index (Phi) is 29.1. The fraction of sp³-hybridized carbons (Fsp3) is 0.282. The molecule has 15 nitrogen and oxygen atoms in total. The number of esters is 3. The van der Waals surface area contributed by atoms with Crippen LogP contribution in [-0.4, -0.2) is 64.8 Å². The average molecular weight is 1170 g/mol. The number of aliphatic hydroxyl groups is 5. The van der Waals surface area contributed by atoms with Gasteiger partial charge in [-0.1, -0.05) is 173 Å². The van der Waals surface area contributed by atoms with Crippen molar-refractivity contribution in [2.45, 2.75) is 111 Å². The summed E-state index contributed by atoms with van der Waals surface area (Å²) in [4.78, 5) is 35.8. The lowest BCUT2D eigenvalue weighted by Gasteiger charge is -2.14. The van der Waals surface area contributed by atoms with Gasteiger partial charge in [-0.3, -0.25) is 0 Å². The predicted octanol–water partition coefficient (Wildman–Crippen LogP) is 13.7. The van der Waals surface area contributed by atoms with E-state index in [-0.39, 0.29) is 6.61 Å². The van der Waals surface area contributed by atoms with E-state index in [2.05, 4.69) is 0 Å². The Balaban J connectivity index is 0.000000209. The largest absolute Gasteiger partial charge is 0.489 e. The zero-order valence-electron chi connectivity index (χ0n) is 50.0. The Bertz CT molecular complexity index is 3010. The van der Waals surface area contributed by atoms with Crippen LogP contribution in [0, 0.1) is 0 Å². The Hall–Kier alpha value is -8.83. The molecule has 4 atom stereocenters. The van der Waals surface area contributed by atoms with E-state index in [1.807, 2.05) is 161 Å². The quantitative estimate of drug-likeness (QED) is 0.0281. The summed E-state index contributed by atoms with van der Waals surface area (Å²) in [5.74, 6) is 0.561. The van der Waals surface area contributed by atoms with Crippen LogP contribution in [0.3, 0.4) is 0 Å². The number of aliphatic hydroxyl groups excluding tert-OH is 5. The van der Waals surface area contributed by atoms with Crippen molar-refractivity contribution in [3.63, 3.8) is 0 Å². The molecule has 0 saturated heterocycles. The number of hydrogen-bond donors (Lipinski definition) is 5. The zero-order chi connectivity index (χ0) is 62.2. The molecule has 5 N–H and O–H groups in total. The highest BCUT2D eigenvalue weighted by Gasteiger charge is 2.20. The molecule has 0 aliphatic rings. The first-order valence-corrected chi connectivity index (χ1v) is 28.5. The monoisotopic (exact) mass is 1170 g/mol. The molecule has 0 amide bonds. The summed E-state index contributed by atoms with van der Waals surface area (Å²) in [5.41, 5.74) is 8.61. The van der Waals surface area contributed by atoms with Crippen LogP contribution in [0.2, 0.25) is 0 Å². The molecule has 0 spiro atoms. The van der Waals surface area contributed by atoms with Crippen molar-refractivity contribution in [2.24, 2.45) is 0 Å². The molecule has 0 bridgehead atoms. The molecule has 0 saturated carbocycles. The van der Waals surface area contributed by atoms with E-state index in [4.69, 9.17) is 33.2 Å². The van der Waals surface area contributed by atoms with Gasteiger partial charge in [-0.05, 0) is 119 Å². The fourth-order valence-corrected chi connectivity index (χ4v) is 8.41. The van der Waals surface area contributed by atoms with E-state index in [0.29, 0.717) is 114 Å². The first-order chi connectivity index (χ1) is 41.7. The lowest BCUT2D eigenvalue weighted by atomic mass is 10.0. The second kappa shape index (κ2) is 36.8. The normalized spacial score (nSPS) is 11.9. The minimum absolute atomic E-state index is 0.103. The van der Waals surface area contributed by atoms with Crippen molar-refractivity contribution >= 4 is 17.9 Å². The summed E-state index contributed by atoms with van der Waals surface area (Å²) >= 11 is 0. The van der Waals surface area contributed by atoms with Gasteiger partial charge >= 0.3 is 17.9 Å². The number of hydrogen-bond acceptors (Lipinski definition) is 15. The number of rotatable bonds is 24. The third-order valence-electron chi connectivity index (χ3n) is 13.5. The maximum atomic E-state index is 11.9. The minimum atomic E-state index is -0.605. The molecule has 0 heterocycles. The molecule has 8 aromatic rings. The van der Waals surface area contributed by atoms with E-state index < -0.39 is 42.3 Å². The standard InChI is InChI=1S/3C18H20O4.C17H20O3/c3*1-3-16(19)14-9-10-17(15(11-14)18(20)21-2)22-12-13-7-5-4-6-8-13;1-2-16(19)14-8-9-17(15(10-14)11-18)20-12-13-6-4-3-5-7-13/h3*4-11,16,19H,3,12H2,1-2H3;3-10,16,18-19H,2,11-12H2,1H3/t2*16-;;16-/m00.0/s1. The van der Waals surface area contributed by atoms with E-state index in [1.165, 1.54) is 21.3 Å². The van der Waals surface area contributed by atoms with Gasteiger partial charge in [-0.2, -0.15) is 0 Å². The fourth-order valence-electron chi connectivity index (χ4n) is 8.41. The second-order valence-electron chi connectivity index (χ2n) is 19.6.